The fourth-order valence-electron chi connectivity index (χ4n) is 3.98. The van der Waals surface area contributed by atoms with Crippen molar-refractivity contribution >= 4 is 52.5 Å². The number of imide groups is 3. The maximum Gasteiger partial charge on any atom is 0.258 e. The van der Waals surface area contributed by atoms with Crippen molar-refractivity contribution in [2.24, 2.45) is 0 Å². The van der Waals surface area contributed by atoms with Gasteiger partial charge in [0, 0.05) is 36.5 Å². The summed E-state index contributed by atoms with van der Waals surface area (Å²) in [6.45, 7) is 0. The second-order valence-electron chi connectivity index (χ2n) is 7.69. The van der Waals surface area contributed by atoms with Gasteiger partial charge in [0.15, 0.2) is 0 Å². The number of carbonyl (C=O) groups excluding carboxylic acids is 6. The average molecular weight is 453 g/mol. The quantitative estimate of drug-likeness (QED) is 0.636. The Bertz CT molecular complexity index is 1350. The Morgan fingerprint density at radius 2 is 0.882 bits per heavy atom. The summed E-state index contributed by atoms with van der Waals surface area (Å²) in [5, 5.41) is 0. The molecule has 0 N–H and O–H groups in total. The van der Waals surface area contributed by atoms with Crippen LogP contribution < -0.4 is 14.7 Å². The van der Waals surface area contributed by atoms with Crippen LogP contribution in [0.3, 0.4) is 0 Å². The minimum atomic E-state index is -0.533. The zero-order valence-electron chi connectivity index (χ0n) is 17.5. The Morgan fingerprint density at radius 1 is 0.471 bits per heavy atom. The molecule has 0 aliphatic carbocycles. The molecule has 0 radical (unpaired) electrons. The van der Waals surface area contributed by atoms with Crippen LogP contribution in [-0.4, -0.2) is 35.4 Å². The molecule has 166 valence electrons. The van der Waals surface area contributed by atoms with E-state index in [4.69, 9.17) is 0 Å². The van der Waals surface area contributed by atoms with Gasteiger partial charge in [-0.25, -0.2) is 14.7 Å². The summed E-state index contributed by atoms with van der Waals surface area (Å²) < 4.78 is 0. The van der Waals surface area contributed by atoms with E-state index < -0.39 is 35.4 Å². The van der Waals surface area contributed by atoms with Crippen LogP contribution >= 0.6 is 0 Å². The molecule has 0 bridgehead atoms. The van der Waals surface area contributed by atoms with Gasteiger partial charge in [0.2, 0.25) is 0 Å². The molecule has 0 aromatic heterocycles. The lowest BCUT2D eigenvalue weighted by atomic mass is 10.0. The SMILES string of the molecule is O=C1C=CC(=O)N1c1ccc(Cc2ccc(N3C(=O)C=CC3=O)cc2N2C(=O)C=CC2=O)cc1. The number of anilines is 3. The van der Waals surface area contributed by atoms with Crippen LogP contribution in [0.1, 0.15) is 11.1 Å². The molecular weight excluding hydrogens is 438 g/mol. The Kier molecular flexibility index (Phi) is 4.86. The highest BCUT2D eigenvalue weighted by molar-refractivity contribution is 6.30. The number of amides is 6. The second kappa shape index (κ2) is 7.89. The van der Waals surface area contributed by atoms with Crippen molar-refractivity contribution in [1.29, 1.82) is 0 Å². The zero-order chi connectivity index (χ0) is 24.0. The topological polar surface area (TPSA) is 112 Å². The second-order valence-corrected chi connectivity index (χ2v) is 7.69. The molecule has 0 fully saturated rings. The van der Waals surface area contributed by atoms with Crippen LogP contribution in [0.5, 0.6) is 0 Å². The highest BCUT2D eigenvalue weighted by atomic mass is 16.2. The van der Waals surface area contributed by atoms with Gasteiger partial charge in [0.1, 0.15) is 0 Å². The molecule has 0 unspecified atom stereocenters. The van der Waals surface area contributed by atoms with E-state index in [0.29, 0.717) is 17.7 Å². The summed E-state index contributed by atoms with van der Waals surface area (Å²) in [5.41, 5.74) is 2.30. The third-order valence-corrected chi connectivity index (χ3v) is 5.58. The summed E-state index contributed by atoms with van der Waals surface area (Å²) >= 11 is 0. The summed E-state index contributed by atoms with van der Waals surface area (Å²) in [7, 11) is 0. The first kappa shape index (κ1) is 21.0. The van der Waals surface area contributed by atoms with E-state index in [9.17, 15) is 28.8 Å². The van der Waals surface area contributed by atoms with Crippen LogP contribution in [0.4, 0.5) is 17.1 Å². The first-order valence-corrected chi connectivity index (χ1v) is 10.2. The molecular formula is C25H15N3O6. The van der Waals surface area contributed by atoms with Crippen LogP contribution in [0, 0.1) is 0 Å². The Balaban J connectivity index is 1.48. The number of carbonyl (C=O) groups is 6. The van der Waals surface area contributed by atoms with E-state index in [1.54, 1.807) is 36.4 Å². The van der Waals surface area contributed by atoms with Crippen molar-refractivity contribution in [2.75, 3.05) is 14.7 Å². The number of hydrogen-bond donors (Lipinski definition) is 0. The molecule has 9 heteroatoms. The molecule has 6 amide bonds. The van der Waals surface area contributed by atoms with Crippen molar-refractivity contribution in [3.05, 3.63) is 90.0 Å². The van der Waals surface area contributed by atoms with Crippen molar-refractivity contribution in [3.8, 4) is 0 Å². The monoisotopic (exact) mass is 453 g/mol. The molecule has 5 rings (SSSR count). The average Bonchev–Trinajstić information content (AvgIpc) is 3.45. The highest BCUT2D eigenvalue weighted by Crippen LogP contribution is 2.32. The lowest BCUT2D eigenvalue weighted by Gasteiger charge is -2.22. The summed E-state index contributed by atoms with van der Waals surface area (Å²) in [5.74, 6) is -2.94. The molecule has 0 spiro atoms. The lowest BCUT2D eigenvalue weighted by Crippen LogP contribution is -2.32. The minimum absolute atomic E-state index is 0.236. The number of hydrogen-bond acceptors (Lipinski definition) is 6. The first-order chi connectivity index (χ1) is 16.3. The lowest BCUT2D eigenvalue weighted by molar-refractivity contribution is -0.121. The van der Waals surface area contributed by atoms with E-state index >= 15 is 0 Å². The minimum Gasteiger partial charge on any atom is -0.269 e. The van der Waals surface area contributed by atoms with E-state index in [-0.39, 0.29) is 11.4 Å². The van der Waals surface area contributed by atoms with Crippen molar-refractivity contribution in [3.63, 3.8) is 0 Å². The Hall–Kier alpha value is -4.92. The molecule has 0 saturated heterocycles. The molecule has 2 aromatic carbocycles. The van der Waals surface area contributed by atoms with Crippen molar-refractivity contribution in [2.45, 2.75) is 6.42 Å². The summed E-state index contributed by atoms with van der Waals surface area (Å²) in [6.07, 6.45) is 7.31. The molecule has 0 saturated carbocycles. The van der Waals surface area contributed by atoms with E-state index in [1.165, 1.54) is 18.2 Å². The van der Waals surface area contributed by atoms with E-state index in [1.807, 2.05) is 0 Å². The van der Waals surface area contributed by atoms with Crippen LogP contribution in [0.15, 0.2) is 78.9 Å². The largest absolute Gasteiger partial charge is 0.269 e. The van der Waals surface area contributed by atoms with Crippen molar-refractivity contribution in [1.82, 2.24) is 0 Å². The molecule has 3 heterocycles. The Labute approximate surface area is 192 Å². The number of benzene rings is 2. The zero-order valence-corrected chi connectivity index (χ0v) is 17.5. The Morgan fingerprint density at radius 3 is 1.38 bits per heavy atom. The predicted molar refractivity (Wildman–Crippen MR) is 121 cm³/mol. The smallest absolute Gasteiger partial charge is 0.258 e. The third-order valence-electron chi connectivity index (χ3n) is 5.58. The third kappa shape index (κ3) is 3.45. The molecule has 2 aromatic rings. The van der Waals surface area contributed by atoms with Gasteiger partial charge in [0.05, 0.1) is 17.1 Å². The van der Waals surface area contributed by atoms with Gasteiger partial charge in [-0.2, -0.15) is 0 Å². The van der Waals surface area contributed by atoms with Gasteiger partial charge in [-0.1, -0.05) is 18.2 Å². The molecule has 9 nitrogen and oxygen atoms in total. The van der Waals surface area contributed by atoms with Gasteiger partial charge in [-0.05, 0) is 41.8 Å². The van der Waals surface area contributed by atoms with Gasteiger partial charge < -0.3 is 0 Å². The van der Waals surface area contributed by atoms with Crippen LogP contribution in [-0.2, 0) is 35.2 Å². The highest BCUT2D eigenvalue weighted by Gasteiger charge is 2.31. The molecule has 34 heavy (non-hydrogen) atoms. The van der Waals surface area contributed by atoms with E-state index in [0.717, 1.165) is 44.6 Å². The van der Waals surface area contributed by atoms with Gasteiger partial charge >= 0.3 is 0 Å². The van der Waals surface area contributed by atoms with Gasteiger partial charge in [-0.15, -0.1) is 0 Å². The fourth-order valence-corrected chi connectivity index (χ4v) is 3.98. The first-order valence-electron chi connectivity index (χ1n) is 10.2. The maximum absolute atomic E-state index is 12.4. The predicted octanol–water partition coefficient (Wildman–Crippen LogP) is 1.57. The van der Waals surface area contributed by atoms with Crippen LogP contribution in [0.2, 0.25) is 0 Å². The van der Waals surface area contributed by atoms with Gasteiger partial charge in [0.25, 0.3) is 35.4 Å². The number of nitrogens with zero attached hydrogens (tertiary/aromatic N) is 3. The van der Waals surface area contributed by atoms with Crippen LogP contribution in [0.25, 0.3) is 0 Å². The van der Waals surface area contributed by atoms with Gasteiger partial charge in [-0.3, -0.25) is 28.8 Å². The molecule has 3 aliphatic heterocycles. The maximum atomic E-state index is 12.4. The van der Waals surface area contributed by atoms with Crippen molar-refractivity contribution < 1.29 is 28.8 Å². The van der Waals surface area contributed by atoms with E-state index in [2.05, 4.69) is 0 Å². The summed E-state index contributed by atoms with van der Waals surface area (Å²) in [4.78, 5) is 75.8. The standard InChI is InChI=1S/C25H15N3O6/c29-20-7-8-21(30)26(20)17-4-1-15(2-5-17)13-16-3-6-18(27-22(31)9-10-23(27)32)14-19(16)28-24(33)11-12-25(28)34/h1-12,14H,13H2. The number of rotatable bonds is 5. The molecule has 0 atom stereocenters. The molecule has 3 aliphatic rings. The normalized spacial score (nSPS) is 17.4. The summed E-state index contributed by atoms with van der Waals surface area (Å²) in [6, 6.07) is 11.4. The fraction of sp³-hybridized carbons (Fsp3) is 0.0400.